The fourth-order valence-corrected chi connectivity index (χ4v) is 4.50. The van der Waals surface area contributed by atoms with E-state index in [2.05, 4.69) is 34.4 Å². The van der Waals surface area contributed by atoms with Crippen molar-refractivity contribution in [3.63, 3.8) is 0 Å². The zero-order chi connectivity index (χ0) is 20.8. The van der Waals surface area contributed by atoms with Gasteiger partial charge in [-0.05, 0) is 38.7 Å². The Morgan fingerprint density at radius 1 is 1.25 bits per heavy atom. The van der Waals surface area contributed by atoms with Gasteiger partial charge in [-0.15, -0.1) is 11.3 Å². The zero-order valence-corrected chi connectivity index (χ0v) is 18.6. The van der Waals surface area contributed by atoms with E-state index in [0.717, 1.165) is 35.0 Å². The Kier molecular flexibility index (Phi) is 8.06. The lowest BCUT2D eigenvalue weighted by Crippen LogP contribution is -2.40. The minimum Gasteiger partial charge on any atom is -0.352 e. The largest absolute Gasteiger partial charge is 0.352 e. The van der Waals surface area contributed by atoms with Gasteiger partial charge in [0, 0.05) is 10.9 Å². The minimum absolute atomic E-state index is 0.0271. The van der Waals surface area contributed by atoms with Gasteiger partial charge in [-0.2, -0.15) is 0 Å². The van der Waals surface area contributed by atoms with Crippen molar-refractivity contribution in [3.05, 3.63) is 20.8 Å². The molecular formula is C19H28N4O3S2. The third kappa shape index (κ3) is 6.07. The van der Waals surface area contributed by atoms with E-state index in [1.54, 1.807) is 0 Å². The molecule has 2 heterocycles. The second-order valence-electron chi connectivity index (χ2n) is 7.19. The molecule has 0 aliphatic heterocycles. The molecule has 0 aliphatic carbocycles. The summed E-state index contributed by atoms with van der Waals surface area (Å²) in [4.78, 5) is 45.2. The number of carbonyl (C=O) groups is 2. The normalized spacial score (nSPS) is 12.4. The van der Waals surface area contributed by atoms with Crippen LogP contribution < -0.4 is 16.2 Å². The molecule has 154 valence electrons. The first kappa shape index (κ1) is 22.4. The smallest absolute Gasteiger partial charge is 0.260 e. The van der Waals surface area contributed by atoms with Gasteiger partial charge in [0.2, 0.25) is 11.8 Å². The van der Waals surface area contributed by atoms with Crippen LogP contribution in [0.25, 0.3) is 10.2 Å². The lowest BCUT2D eigenvalue weighted by Gasteiger charge is -2.09. The van der Waals surface area contributed by atoms with Crippen molar-refractivity contribution in [1.82, 2.24) is 20.6 Å². The van der Waals surface area contributed by atoms with E-state index in [1.807, 2.05) is 20.8 Å². The average Bonchev–Trinajstić information content (AvgIpc) is 2.93. The van der Waals surface area contributed by atoms with E-state index >= 15 is 0 Å². The number of aromatic amines is 1. The molecule has 2 aromatic rings. The Labute approximate surface area is 173 Å². The van der Waals surface area contributed by atoms with Gasteiger partial charge in [0.1, 0.15) is 4.83 Å². The number of aryl methyl sites for hydroxylation is 1. The Morgan fingerprint density at radius 2 is 1.96 bits per heavy atom. The molecule has 1 atom stereocenters. The van der Waals surface area contributed by atoms with Crippen molar-refractivity contribution in [2.24, 2.45) is 5.92 Å². The van der Waals surface area contributed by atoms with Crippen LogP contribution in [-0.2, 0) is 16.0 Å². The maximum absolute atomic E-state index is 12.6. The van der Waals surface area contributed by atoms with Gasteiger partial charge in [0.25, 0.3) is 5.56 Å². The first-order chi connectivity index (χ1) is 13.2. The summed E-state index contributed by atoms with van der Waals surface area (Å²) >= 11 is 2.67. The zero-order valence-electron chi connectivity index (χ0n) is 17.0. The van der Waals surface area contributed by atoms with Gasteiger partial charge in [-0.3, -0.25) is 14.4 Å². The molecule has 0 saturated heterocycles. The maximum atomic E-state index is 12.6. The van der Waals surface area contributed by atoms with Crippen LogP contribution in [0.4, 0.5) is 0 Å². The second kappa shape index (κ2) is 10.1. The highest BCUT2D eigenvalue weighted by Gasteiger charge is 2.17. The third-order valence-corrected chi connectivity index (χ3v) is 6.24. The Bertz CT molecular complexity index is 904. The number of nitrogens with one attached hydrogen (secondary N) is 3. The number of carbonyl (C=O) groups excluding carboxylic acids is 2. The molecule has 2 amide bonds. The summed E-state index contributed by atoms with van der Waals surface area (Å²) in [5, 5.41) is 6.35. The monoisotopic (exact) mass is 424 g/mol. The number of thioether (sulfide) groups is 1. The number of H-pyrrole nitrogens is 1. The lowest BCUT2D eigenvalue weighted by molar-refractivity contribution is -0.125. The van der Waals surface area contributed by atoms with Gasteiger partial charge >= 0.3 is 0 Å². The molecule has 0 aromatic carbocycles. The second-order valence-corrected chi connectivity index (χ2v) is 9.36. The predicted octanol–water partition coefficient (Wildman–Crippen LogP) is 2.61. The van der Waals surface area contributed by atoms with Crippen molar-refractivity contribution < 1.29 is 9.59 Å². The maximum Gasteiger partial charge on any atom is 0.260 e. The van der Waals surface area contributed by atoms with E-state index in [1.165, 1.54) is 11.3 Å². The summed E-state index contributed by atoms with van der Waals surface area (Å²) in [6, 6.07) is 0.0271. The van der Waals surface area contributed by atoms with Crippen LogP contribution in [0.3, 0.4) is 0 Å². The number of nitrogens with zero attached hydrogens (tertiary/aromatic N) is 1. The topological polar surface area (TPSA) is 104 Å². The van der Waals surface area contributed by atoms with Gasteiger partial charge in [0.05, 0.1) is 17.7 Å². The predicted molar refractivity (Wildman–Crippen MR) is 115 cm³/mol. The summed E-state index contributed by atoms with van der Waals surface area (Å²) in [6.07, 6.45) is 1.92. The van der Waals surface area contributed by atoms with Crippen molar-refractivity contribution in [2.75, 3.05) is 12.3 Å². The van der Waals surface area contributed by atoms with E-state index in [4.69, 9.17) is 0 Å². The van der Waals surface area contributed by atoms with Gasteiger partial charge < -0.3 is 15.6 Å². The highest BCUT2D eigenvalue weighted by Crippen LogP contribution is 2.30. The van der Waals surface area contributed by atoms with Crippen molar-refractivity contribution >= 4 is 45.1 Å². The molecule has 7 nitrogen and oxygen atoms in total. The summed E-state index contributed by atoms with van der Waals surface area (Å²) in [5.41, 5.74) is 0.917. The molecule has 0 fully saturated rings. The van der Waals surface area contributed by atoms with E-state index in [0.29, 0.717) is 21.3 Å². The van der Waals surface area contributed by atoms with E-state index in [-0.39, 0.29) is 35.7 Å². The molecule has 0 saturated carbocycles. The van der Waals surface area contributed by atoms with Gasteiger partial charge in [0.15, 0.2) is 5.16 Å². The third-order valence-electron chi connectivity index (χ3n) is 4.33. The van der Waals surface area contributed by atoms with Crippen molar-refractivity contribution in [3.8, 4) is 0 Å². The van der Waals surface area contributed by atoms with Crippen LogP contribution in [0.5, 0.6) is 0 Å². The number of rotatable bonds is 9. The molecular weight excluding hydrogens is 396 g/mol. The number of hydrogen-bond donors (Lipinski definition) is 3. The van der Waals surface area contributed by atoms with E-state index in [9.17, 15) is 14.4 Å². The van der Waals surface area contributed by atoms with Crippen LogP contribution in [0.2, 0.25) is 0 Å². The molecule has 0 aliphatic rings. The first-order valence-corrected chi connectivity index (χ1v) is 11.2. The molecule has 2 rings (SSSR count). The quantitative estimate of drug-likeness (QED) is 0.424. The molecule has 0 spiro atoms. The number of aromatic nitrogens is 2. The number of hydrogen-bond acceptors (Lipinski definition) is 6. The fraction of sp³-hybridized carbons (Fsp3) is 0.579. The highest BCUT2D eigenvalue weighted by molar-refractivity contribution is 7.99. The molecule has 2 aromatic heterocycles. The molecule has 9 heteroatoms. The molecule has 0 bridgehead atoms. The van der Waals surface area contributed by atoms with E-state index < -0.39 is 0 Å². The number of fused-ring (bicyclic) bond motifs is 1. The summed E-state index contributed by atoms with van der Waals surface area (Å²) < 4.78 is 0. The SMILES string of the molecule is CC[C@H](C)Cc1c(C)sc2nc(SCC(=O)NCC(=O)NC(C)C)[nH]c(=O)c12. The van der Waals surface area contributed by atoms with Crippen LogP contribution in [0, 0.1) is 12.8 Å². The highest BCUT2D eigenvalue weighted by atomic mass is 32.2. The van der Waals surface area contributed by atoms with Crippen LogP contribution in [0.1, 0.15) is 44.6 Å². The first-order valence-electron chi connectivity index (χ1n) is 9.42. The number of amides is 2. The lowest BCUT2D eigenvalue weighted by atomic mass is 9.98. The average molecular weight is 425 g/mol. The molecule has 3 N–H and O–H groups in total. The Hall–Kier alpha value is -1.87. The van der Waals surface area contributed by atoms with Crippen LogP contribution in [-0.4, -0.2) is 40.1 Å². The Balaban J connectivity index is 2.03. The summed E-state index contributed by atoms with van der Waals surface area (Å²) in [7, 11) is 0. The van der Waals surface area contributed by atoms with Crippen molar-refractivity contribution in [1.29, 1.82) is 0 Å². The Morgan fingerprint density at radius 3 is 2.61 bits per heavy atom. The van der Waals surface area contributed by atoms with Crippen LogP contribution in [0.15, 0.2) is 9.95 Å². The van der Waals surface area contributed by atoms with Crippen LogP contribution >= 0.6 is 23.1 Å². The van der Waals surface area contributed by atoms with Gasteiger partial charge in [-0.25, -0.2) is 4.98 Å². The minimum atomic E-state index is -0.286. The molecule has 28 heavy (non-hydrogen) atoms. The fourth-order valence-electron chi connectivity index (χ4n) is 2.70. The summed E-state index contributed by atoms with van der Waals surface area (Å²) in [6.45, 7) is 9.98. The molecule has 0 unspecified atom stereocenters. The van der Waals surface area contributed by atoms with Gasteiger partial charge in [-0.1, -0.05) is 32.0 Å². The number of thiophene rings is 1. The molecule has 0 radical (unpaired) electrons. The summed E-state index contributed by atoms with van der Waals surface area (Å²) in [5.74, 6) is 0.0604. The standard InChI is InChI=1S/C19H28N4O3S2/c1-6-11(4)7-13-12(5)28-18-16(13)17(26)22-19(23-18)27-9-15(25)20-8-14(24)21-10(2)3/h10-11H,6-9H2,1-5H3,(H,20,25)(H,21,24)(H,22,23,26)/t11-/m0/s1. The van der Waals surface area contributed by atoms with Crippen molar-refractivity contribution in [2.45, 2.75) is 58.7 Å².